The molecule has 2 rings (SSSR count). The molecule has 112 valence electrons. The number of anilines is 1. The maximum atomic E-state index is 12.2. The molecule has 5 nitrogen and oxygen atoms in total. The van der Waals surface area contributed by atoms with E-state index in [0.29, 0.717) is 28.8 Å². The van der Waals surface area contributed by atoms with Crippen molar-refractivity contribution >= 4 is 23.3 Å². The lowest BCUT2D eigenvalue weighted by Gasteiger charge is -2.17. The van der Waals surface area contributed by atoms with E-state index < -0.39 is 6.10 Å². The summed E-state index contributed by atoms with van der Waals surface area (Å²) in [7, 11) is 0. The Morgan fingerprint density at radius 2 is 2.19 bits per heavy atom. The quantitative estimate of drug-likeness (QED) is 0.914. The van der Waals surface area contributed by atoms with Crippen LogP contribution in [0, 0.1) is 13.8 Å². The van der Waals surface area contributed by atoms with Crippen molar-refractivity contribution in [2.45, 2.75) is 33.3 Å². The first-order chi connectivity index (χ1) is 9.99. The highest BCUT2D eigenvalue weighted by Crippen LogP contribution is 2.27. The van der Waals surface area contributed by atoms with Crippen LogP contribution in [0.15, 0.2) is 28.8 Å². The molecular weight excluding hydrogens is 292 g/mol. The Morgan fingerprint density at radius 1 is 1.43 bits per heavy atom. The van der Waals surface area contributed by atoms with E-state index >= 15 is 0 Å². The molecule has 1 N–H and O–H groups in total. The molecule has 2 aromatic rings. The van der Waals surface area contributed by atoms with Crippen molar-refractivity contribution in [2.24, 2.45) is 0 Å². The lowest BCUT2D eigenvalue weighted by molar-refractivity contribution is -0.122. The van der Waals surface area contributed by atoms with E-state index in [0.717, 1.165) is 5.56 Å². The molecule has 0 aliphatic heterocycles. The highest BCUT2D eigenvalue weighted by atomic mass is 35.5. The predicted molar refractivity (Wildman–Crippen MR) is 80.8 cm³/mol. The fraction of sp³-hybridized carbons (Fsp3) is 0.333. The third-order valence-electron chi connectivity index (χ3n) is 2.90. The second-order valence-electron chi connectivity index (χ2n) is 4.76. The Labute approximate surface area is 128 Å². The highest BCUT2D eigenvalue weighted by Gasteiger charge is 2.20. The van der Waals surface area contributed by atoms with Crippen molar-refractivity contribution in [3.63, 3.8) is 0 Å². The summed E-state index contributed by atoms with van der Waals surface area (Å²) in [6.07, 6.45) is -0.145. The molecule has 0 aliphatic carbocycles. The van der Waals surface area contributed by atoms with Gasteiger partial charge in [-0.25, -0.2) is 0 Å². The number of benzene rings is 1. The maximum absolute atomic E-state index is 12.2. The van der Waals surface area contributed by atoms with Gasteiger partial charge in [-0.05, 0) is 38.0 Å². The van der Waals surface area contributed by atoms with Gasteiger partial charge in [0, 0.05) is 6.07 Å². The number of ether oxygens (including phenoxy) is 1. The van der Waals surface area contributed by atoms with Crippen molar-refractivity contribution in [3.8, 4) is 5.75 Å². The molecule has 0 spiro atoms. The largest absolute Gasteiger partial charge is 0.479 e. The smallest absolute Gasteiger partial charge is 0.266 e. The second kappa shape index (κ2) is 6.63. The van der Waals surface area contributed by atoms with E-state index in [1.54, 1.807) is 25.1 Å². The van der Waals surface area contributed by atoms with Crippen LogP contribution in [0.3, 0.4) is 0 Å². The number of aryl methyl sites for hydroxylation is 2. The van der Waals surface area contributed by atoms with Gasteiger partial charge in [0.25, 0.3) is 5.91 Å². The lowest BCUT2D eigenvalue weighted by Crippen LogP contribution is -2.32. The SMILES string of the molecule is CC[C@@H](Oc1cc(C)ccc1Cl)C(=O)Nc1cc(C)on1. The number of carbonyl (C=O) groups excluding carboxylic acids is 1. The summed E-state index contributed by atoms with van der Waals surface area (Å²) in [5.74, 6) is 1.20. The molecule has 0 aliphatic rings. The van der Waals surface area contributed by atoms with Crippen LogP contribution in [0.2, 0.25) is 5.02 Å². The first kappa shape index (κ1) is 15.4. The van der Waals surface area contributed by atoms with Crippen LogP contribution in [-0.4, -0.2) is 17.2 Å². The number of halogens is 1. The predicted octanol–water partition coefficient (Wildman–Crippen LogP) is 3.74. The summed E-state index contributed by atoms with van der Waals surface area (Å²) in [4.78, 5) is 12.2. The summed E-state index contributed by atoms with van der Waals surface area (Å²) in [6.45, 7) is 5.55. The van der Waals surface area contributed by atoms with Gasteiger partial charge in [0.1, 0.15) is 11.5 Å². The van der Waals surface area contributed by atoms with Gasteiger partial charge in [-0.15, -0.1) is 0 Å². The number of carbonyl (C=O) groups is 1. The van der Waals surface area contributed by atoms with Crippen LogP contribution in [0.1, 0.15) is 24.7 Å². The van der Waals surface area contributed by atoms with Crippen molar-refractivity contribution < 1.29 is 14.1 Å². The third-order valence-corrected chi connectivity index (χ3v) is 3.21. The van der Waals surface area contributed by atoms with Crippen LogP contribution in [-0.2, 0) is 4.79 Å². The zero-order valence-electron chi connectivity index (χ0n) is 12.1. The van der Waals surface area contributed by atoms with Crippen LogP contribution in [0.5, 0.6) is 5.75 Å². The number of hydrogen-bond donors (Lipinski definition) is 1. The average Bonchev–Trinajstić information content (AvgIpc) is 2.84. The van der Waals surface area contributed by atoms with Gasteiger partial charge in [0.05, 0.1) is 5.02 Å². The lowest BCUT2D eigenvalue weighted by atomic mass is 10.2. The first-order valence-corrected chi connectivity index (χ1v) is 7.04. The van der Waals surface area contributed by atoms with Crippen molar-refractivity contribution in [1.82, 2.24) is 5.16 Å². The first-order valence-electron chi connectivity index (χ1n) is 6.66. The fourth-order valence-electron chi connectivity index (χ4n) is 1.81. The third kappa shape index (κ3) is 3.98. The summed E-state index contributed by atoms with van der Waals surface area (Å²) in [5.41, 5.74) is 1.01. The number of nitrogens with one attached hydrogen (secondary N) is 1. The van der Waals surface area contributed by atoms with E-state index in [9.17, 15) is 4.79 Å². The van der Waals surface area contributed by atoms with E-state index in [4.69, 9.17) is 20.9 Å². The van der Waals surface area contributed by atoms with Gasteiger partial charge in [0.15, 0.2) is 11.9 Å². The molecule has 1 aromatic carbocycles. The maximum Gasteiger partial charge on any atom is 0.266 e. The van der Waals surface area contributed by atoms with Gasteiger partial charge < -0.3 is 14.6 Å². The van der Waals surface area contributed by atoms with Crippen molar-refractivity contribution in [3.05, 3.63) is 40.6 Å². The molecule has 6 heteroatoms. The summed E-state index contributed by atoms with van der Waals surface area (Å²) >= 11 is 6.08. The molecule has 0 radical (unpaired) electrons. The summed E-state index contributed by atoms with van der Waals surface area (Å²) in [5, 5.41) is 6.85. The Hall–Kier alpha value is -2.01. The Bertz CT molecular complexity index is 640. The van der Waals surface area contributed by atoms with Gasteiger partial charge in [-0.1, -0.05) is 29.7 Å². The molecule has 0 fully saturated rings. The van der Waals surface area contributed by atoms with E-state index in [2.05, 4.69) is 10.5 Å². The van der Waals surface area contributed by atoms with Gasteiger partial charge in [-0.2, -0.15) is 0 Å². The van der Waals surface area contributed by atoms with Crippen LogP contribution in [0.25, 0.3) is 0 Å². The van der Waals surface area contributed by atoms with Gasteiger partial charge >= 0.3 is 0 Å². The van der Waals surface area contributed by atoms with Crippen LogP contribution in [0.4, 0.5) is 5.82 Å². The zero-order chi connectivity index (χ0) is 15.4. The fourth-order valence-corrected chi connectivity index (χ4v) is 1.97. The molecule has 1 amide bonds. The molecule has 0 saturated heterocycles. The minimum Gasteiger partial charge on any atom is -0.479 e. The standard InChI is InChI=1S/C15H17ClN2O3/c1-4-12(15(19)17-14-8-10(3)21-18-14)20-13-7-9(2)5-6-11(13)16/h5-8,12H,4H2,1-3H3,(H,17,18,19)/t12-/m1/s1. The molecule has 0 saturated carbocycles. The molecule has 1 heterocycles. The number of rotatable bonds is 5. The number of amides is 1. The monoisotopic (exact) mass is 308 g/mol. The number of aromatic nitrogens is 1. The van der Waals surface area contributed by atoms with E-state index in [1.807, 2.05) is 19.9 Å². The number of nitrogens with zero attached hydrogens (tertiary/aromatic N) is 1. The Balaban J connectivity index is 2.08. The minimum atomic E-state index is -0.652. The highest BCUT2D eigenvalue weighted by molar-refractivity contribution is 6.32. The minimum absolute atomic E-state index is 0.289. The van der Waals surface area contributed by atoms with Gasteiger partial charge in [0.2, 0.25) is 0 Å². The number of hydrogen-bond acceptors (Lipinski definition) is 4. The van der Waals surface area contributed by atoms with Crippen molar-refractivity contribution in [2.75, 3.05) is 5.32 Å². The Morgan fingerprint density at radius 3 is 2.81 bits per heavy atom. The molecule has 0 bridgehead atoms. The molecule has 1 atom stereocenters. The Kier molecular flexibility index (Phi) is 4.85. The molecular formula is C15H17ClN2O3. The summed E-state index contributed by atoms with van der Waals surface area (Å²) < 4.78 is 10.6. The molecule has 1 aromatic heterocycles. The summed E-state index contributed by atoms with van der Waals surface area (Å²) in [6, 6.07) is 7.08. The molecule has 0 unspecified atom stereocenters. The van der Waals surface area contributed by atoms with Crippen LogP contribution < -0.4 is 10.1 Å². The second-order valence-corrected chi connectivity index (χ2v) is 5.17. The van der Waals surface area contributed by atoms with E-state index in [1.165, 1.54) is 0 Å². The van der Waals surface area contributed by atoms with Crippen LogP contribution >= 0.6 is 11.6 Å². The zero-order valence-corrected chi connectivity index (χ0v) is 12.9. The normalized spacial score (nSPS) is 12.0. The van der Waals surface area contributed by atoms with Crippen molar-refractivity contribution in [1.29, 1.82) is 0 Å². The van der Waals surface area contributed by atoms with E-state index in [-0.39, 0.29) is 5.91 Å². The van der Waals surface area contributed by atoms with Gasteiger partial charge in [-0.3, -0.25) is 4.79 Å². The molecule has 21 heavy (non-hydrogen) atoms. The topological polar surface area (TPSA) is 64.4 Å². The average molecular weight is 309 g/mol.